The quantitative estimate of drug-likeness (QED) is 0.717. The lowest BCUT2D eigenvalue weighted by Crippen LogP contribution is -2.50. The molecule has 7 nitrogen and oxygen atoms in total. The summed E-state index contributed by atoms with van der Waals surface area (Å²) in [6.07, 6.45) is 1.19. The van der Waals surface area contributed by atoms with Crippen LogP contribution in [-0.4, -0.2) is 46.7 Å². The number of anilines is 1. The average molecular weight is 457 g/mol. The van der Waals surface area contributed by atoms with Crippen molar-refractivity contribution in [3.63, 3.8) is 0 Å². The van der Waals surface area contributed by atoms with E-state index in [0.29, 0.717) is 36.6 Å². The zero-order valence-electron chi connectivity index (χ0n) is 19.4. The summed E-state index contributed by atoms with van der Waals surface area (Å²) in [4.78, 5) is 43.9. The van der Waals surface area contributed by atoms with E-state index < -0.39 is 6.04 Å². The third-order valence-corrected chi connectivity index (χ3v) is 6.63. The summed E-state index contributed by atoms with van der Waals surface area (Å²) in [6.45, 7) is 10.9. The second-order valence-corrected chi connectivity index (χ2v) is 10.3. The highest BCUT2D eigenvalue weighted by atomic mass is 32.1. The Labute approximate surface area is 193 Å². The van der Waals surface area contributed by atoms with Crippen LogP contribution in [0.25, 0.3) is 0 Å². The lowest BCUT2D eigenvalue weighted by atomic mass is 9.86. The van der Waals surface area contributed by atoms with Crippen LogP contribution in [0.2, 0.25) is 0 Å². The number of carbonyl (C=O) groups is 3. The molecule has 1 aromatic heterocycles. The van der Waals surface area contributed by atoms with Crippen LogP contribution in [0.4, 0.5) is 5.13 Å². The van der Waals surface area contributed by atoms with Crippen LogP contribution < -0.4 is 10.6 Å². The molecule has 32 heavy (non-hydrogen) atoms. The zero-order valence-corrected chi connectivity index (χ0v) is 20.2. The predicted molar refractivity (Wildman–Crippen MR) is 127 cm³/mol. The first-order valence-corrected chi connectivity index (χ1v) is 11.9. The Bertz CT molecular complexity index is 970. The van der Waals surface area contributed by atoms with Gasteiger partial charge >= 0.3 is 0 Å². The predicted octanol–water partition coefficient (Wildman–Crippen LogP) is 3.74. The third kappa shape index (κ3) is 5.94. The molecule has 2 N–H and O–H groups in total. The second-order valence-electron chi connectivity index (χ2n) is 9.41. The average Bonchev–Trinajstić information content (AvgIpc) is 3.17. The molecule has 0 spiro atoms. The molecule has 0 saturated carbocycles. The summed E-state index contributed by atoms with van der Waals surface area (Å²) in [6, 6.07) is 6.85. The smallest absolute Gasteiger partial charge is 0.251 e. The maximum atomic E-state index is 12.8. The minimum Gasteiger partial charge on any atom is -0.341 e. The van der Waals surface area contributed by atoms with Gasteiger partial charge in [0.05, 0.1) is 5.69 Å². The van der Waals surface area contributed by atoms with Crippen LogP contribution in [0.5, 0.6) is 0 Å². The fourth-order valence-corrected chi connectivity index (χ4v) is 4.41. The molecule has 1 aliphatic rings. The lowest BCUT2D eigenvalue weighted by molar-refractivity contribution is -0.135. The molecular formula is C24H32N4O3S. The van der Waals surface area contributed by atoms with Gasteiger partial charge in [-0.15, -0.1) is 11.3 Å². The molecule has 1 atom stereocenters. The number of benzene rings is 1. The molecule has 1 fully saturated rings. The number of likely N-dealkylation sites (tertiary alicyclic amines) is 1. The Balaban J connectivity index is 1.49. The van der Waals surface area contributed by atoms with Gasteiger partial charge in [0.15, 0.2) is 5.13 Å². The van der Waals surface area contributed by atoms with Gasteiger partial charge in [-0.25, -0.2) is 4.98 Å². The first-order valence-electron chi connectivity index (χ1n) is 11.0. The summed E-state index contributed by atoms with van der Waals surface area (Å²) in [7, 11) is 0. The number of nitrogens with one attached hydrogen (secondary N) is 2. The molecule has 2 heterocycles. The van der Waals surface area contributed by atoms with Gasteiger partial charge in [0, 0.05) is 30.0 Å². The third-order valence-electron chi connectivity index (χ3n) is 5.76. The standard InChI is InChI=1S/C24H32N4O3S/c1-15-14-32-23(25-15)27-21(30)18-10-12-28(13-11-18)22(31)16(2)26-20(29)17-6-8-19(9-7-17)24(3,4)5/h6-9,14,16,18H,10-13H2,1-5H3,(H,26,29)(H,25,27,30). The largest absolute Gasteiger partial charge is 0.341 e. The molecule has 3 amide bonds. The second kappa shape index (κ2) is 9.81. The van der Waals surface area contributed by atoms with Crippen LogP contribution in [0.1, 0.15) is 62.2 Å². The number of hydrogen-bond donors (Lipinski definition) is 2. The molecule has 1 unspecified atom stereocenters. The summed E-state index contributed by atoms with van der Waals surface area (Å²) < 4.78 is 0. The van der Waals surface area contributed by atoms with Crippen molar-refractivity contribution < 1.29 is 14.4 Å². The van der Waals surface area contributed by atoms with Crippen LogP contribution >= 0.6 is 11.3 Å². The maximum absolute atomic E-state index is 12.8. The van der Waals surface area contributed by atoms with Crippen molar-refractivity contribution in [1.82, 2.24) is 15.2 Å². The Morgan fingerprint density at radius 2 is 1.75 bits per heavy atom. The number of carbonyl (C=O) groups excluding carboxylic acids is 3. The van der Waals surface area contributed by atoms with E-state index >= 15 is 0 Å². The van der Waals surface area contributed by atoms with Crippen LogP contribution in [0.15, 0.2) is 29.6 Å². The summed E-state index contributed by atoms with van der Waals surface area (Å²) >= 11 is 1.41. The van der Waals surface area contributed by atoms with Crippen LogP contribution in [-0.2, 0) is 15.0 Å². The molecular weight excluding hydrogens is 424 g/mol. The fraction of sp³-hybridized carbons (Fsp3) is 0.500. The van der Waals surface area contributed by atoms with Gasteiger partial charge in [-0.05, 0) is 49.8 Å². The monoisotopic (exact) mass is 456 g/mol. The molecule has 1 aromatic carbocycles. The van der Waals surface area contributed by atoms with Crippen molar-refractivity contribution in [1.29, 1.82) is 0 Å². The van der Waals surface area contributed by atoms with Gasteiger partial charge < -0.3 is 15.5 Å². The van der Waals surface area contributed by atoms with Crippen molar-refractivity contribution in [2.75, 3.05) is 18.4 Å². The molecule has 0 radical (unpaired) electrons. The summed E-state index contributed by atoms with van der Waals surface area (Å²) in [5.74, 6) is -0.584. The van der Waals surface area contributed by atoms with Gasteiger partial charge in [-0.3, -0.25) is 14.4 Å². The number of aromatic nitrogens is 1. The Morgan fingerprint density at radius 3 is 2.28 bits per heavy atom. The van der Waals surface area contributed by atoms with Crippen LogP contribution in [0.3, 0.4) is 0 Å². The molecule has 172 valence electrons. The van der Waals surface area contributed by atoms with E-state index in [9.17, 15) is 14.4 Å². The van der Waals surface area contributed by atoms with Gasteiger partial charge in [-0.2, -0.15) is 0 Å². The fourth-order valence-electron chi connectivity index (χ4n) is 3.72. The molecule has 1 saturated heterocycles. The summed E-state index contributed by atoms with van der Waals surface area (Å²) in [5, 5.41) is 8.17. The van der Waals surface area contributed by atoms with E-state index in [1.807, 2.05) is 24.4 Å². The molecule has 2 aromatic rings. The number of nitrogens with zero attached hydrogens (tertiary/aromatic N) is 2. The Morgan fingerprint density at radius 1 is 1.12 bits per heavy atom. The Kier molecular flexibility index (Phi) is 7.33. The SMILES string of the molecule is Cc1csc(NC(=O)C2CCN(C(=O)C(C)NC(=O)c3ccc(C(C)(C)C)cc3)CC2)n1. The van der Waals surface area contributed by atoms with Gasteiger partial charge in [0.25, 0.3) is 5.91 Å². The Hall–Kier alpha value is -2.74. The number of aryl methyl sites for hydroxylation is 1. The molecule has 3 rings (SSSR count). The van der Waals surface area contributed by atoms with Gasteiger partial charge in [-0.1, -0.05) is 32.9 Å². The molecule has 0 aliphatic carbocycles. The number of piperidine rings is 1. The van der Waals surface area contributed by atoms with E-state index in [0.717, 1.165) is 11.3 Å². The van der Waals surface area contributed by atoms with Crippen molar-refractivity contribution in [2.45, 2.75) is 58.9 Å². The topological polar surface area (TPSA) is 91.4 Å². The van der Waals surface area contributed by atoms with Crippen molar-refractivity contribution in [3.05, 3.63) is 46.5 Å². The number of rotatable bonds is 5. The van der Waals surface area contributed by atoms with Crippen molar-refractivity contribution in [3.8, 4) is 0 Å². The van der Waals surface area contributed by atoms with Crippen LogP contribution in [0, 0.1) is 12.8 Å². The molecule has 0 bridgehead atoms. The van der Waals surface area contributed by atoms with Gasteiger partial charge in [0.1, 0.15) is 6.04 Å². The number of hydrogen-bond acceptors (Lipinski definition) is 5. The lowest BCUT2D eigenvalue weighted by Gasteiger charge is -2.33. The highest BCUT2D eigenvalue weighted by Gasteiger charge is 2.30. The first-order chi connectivity index (χ1) is 15.0. The minimum absolute atomic E-state index is 0.0144. The molecule has 8 heteroatoms. The number of amides is 3. The van der Waals surface area contributed by atoms with E-state index in [1.165, 1.54) is 11.3 Å². The normalized spacial score (nSPS) is 15.8. The number of thiazole rings is 1. The van der Waals surface area contributed by atoms with E-state index in [2.05, 4.69) is 36.4 Å². The highest BCUT2D eigenvalue weighted by molar-refractivity contribution is 7.13. The van der Waals surface area contributed by atoms with Crippen molar-refractivity contribution >= 4 is 34.2 Å². The maximum Gasteiger partial charge on any atom is 0.251 e. The van der Waals surface area contributed by atoms with E-state index in [1.54, 1.807) is 24.0 Å². The van der Waals surface area contributed by atoms with E-state index in [4.69, 9.17) is 0 Å². The highest BCUT2D eigenvalue weighted by Crippen LogP contribution is 2.23. The minimum atomic E-state index is -0.631. The molecule has 1 aliphatic heterocycles. The van der Waals surface area contributed by atoms with Gasteiger partial charge in [0.2, 0.25) is 11.8 Å². The van der Waals surface area contributed by atoms with Crippen molar-refractivity contribution in [2.24, 2.45) is 5.92 Å². The first kappa shape index (κ1) is 23.9. The zero-order chi connectivity index (χ0) is 23.5. The summed E-state index contributed by atoms with van der Waals surface area (Å²) in [5.41, 5.74) is 2.58. The van der Waals surface area contributed by atoms with E-state index in [-0.39, 0.29) is 29.1 Å².